The van der Waals surface area contributed by atoms with Crippen LogP contribution < -0.4 is 5.32 Å². The largest absolute Gasteiger partial charge is 0.467 e. The molecule has 1 atom stereocenters. The first-order valence-corrected chi connectivity index (χ1v) is 9.58. The molecule has 0 saturated heterocycles. The molecule has 0 saturated carbocycles. The summed E-state index contributed by atoms with van der Waals surface area (Å²) in [4.78, 5) is 29.9. The molecule has 0 aliphatic carbocycles. The number of esters is 1. The molecule has 2 aromatic carbocycles. The number of fused-ring (bicyclic) bond motifs is 1. The lowest BCUT2D eigenvalue weighted by molar-refractivity contribution is -0.129. The van der Waals surface area contributed by atoms with E-state index in [4.69, 9.17) is 9.15 Å². The van der Waals surface area contributed by atoms with Crippen molar-refractivity contribution in [1.82, 2.24) is 10.3 Å². The number of carbonyl (C=O) groups excluding carboxylic acids is 2. The number of carbonyl (C=O) groups is 2. The monoisotopic (exact) mass is 400 g/mol. The molecular weight excluding hydrogens is 380 g/mol. The minimum absolute atomic E-state index is 0.226. The molecule has 4 rings (SSSR count). The summed E-state index contributed by atoms with van der Waals surface area (Å²) in [5, 5.41) is 3.37. The summed E-state index contributed by atoms with van der Waals surface area (Å²) in [6.45, 7) is 1.76. The average molecular weight is 400 g/mol. The van der Waals surface area contributed by atoms with E-state index in [-0.39, 0.29) is 6.54 Å². The molecular formula is C24H20N2O4. The van der Waals surface area contributed by atoms with E-state index in [0.717, 1.165) is 5.56 Å². The number of para-hydroxylation sites is 1. The van der Waals surface area contributed by atoms with E-state index in [0.29, 0.717) is 27.9 Å². The third-order valence-electron chi connectivity index (χ3n) is 4.68. The van der Waals surface area contributed by atoms with Crippen molar-refractivity contribution >= 4 is 22.8 Å². The van der Waals surface area contributed by atoms with Crippen molar-refractivity contribution < 1.29 is 18.7 Å². The van der Waals surface area contributed by atoms with Crippen LogP contribution in [0.15, 0.2) is 83.5 Å². The summed E-state index contributed by atoms with van der Waals surface area (Å²) in [7, 11) is 0. The molecule has 0 radical (unpaired) electrons. The minimum atomic E-state index is -0.959. The van der Waals surface area contributed by atoms with Gasteiger partial charge in [-0.25, -0.2) is 9.78 Å². The van der Waals surface area contributed by atoms with Crippen LogP contribution in [0.3, 0.4) is 0 Å². The number of furan rings is 1. The Labute approximate surface area is 173 Å². The molecule has 6 nitrogen and oxygen atoms in total. The Hall–Kier alpha value is -3.93. The van der Waals surface area contributed by atoms with Gasteiger partial charge in [-0.2, -0.15) is 0 Å². The summed E-state index contributed by atoms with van der Waals surface area (Å²) in [5.74, 6) is -0.359. The Morgan fingerprint density at radius 2 is 1.80 bits per heavy atom. The number of aromatic nitrogens is 1. The van der Waals surface area contributed by atoms with E-state index in [1.54, 1.807) is 18.2 Å². The van der Waals surface area contributed by atoms with Gasteiger partial charge in [-0.15, -0.1) is 0 Å². The van der Waals surface area contributed by atoms with E-state index in [9.17, 15) is 9.59 Å². The van der Waals surface area contributed by atoms with Crippen LogP contribution in [0, 0.1) is 0 Å². The third-order valence-corrected chi connectivity index (χ3v) is 4.68. The van der Waals surface area contributed by atoms with E-state index < -0.39 is 18.0 Å². The molecule has 0 spiro atoms. The summed E-state index contributed by atoms with van der Waals surface area (Å²) in [5.41, 5.74) is 2.60. The first-order chi connectivity index (χ1) is 14.6. The zero-order valence-corrected chi connectivity index (χ0v) is 16.4. The van der Waals surface area contributed by atoms with Crippen LogP contribution in [0.4, 0.5) is 0 Å². The summed E-state index contributed by atoms with van der Waals surface area (Å²) in [6, 6.07) is 22.2. The predicted molar refractivity (Wildman–Crippen MR) is 113 cm³/mol. The van der Waals surface area contributed by atoms with E-state index in [1.165, 1.54) is 13.2 Å². The fourth-order valence-corrected chi connectivity index (χ4v) is 3.11. The van der Waals surface area contributed by atoms with Crippen molar-refractivity contribution in [3.05, 3.63) is 90.4 Å². The van der Waals surface area contributed by atoms with Crippen LogP contribution in [-0.2, 0) is 16.1 Å². The topological polar surface area (TPSA) is 81.4 Å². The molecule has 30 heavy (non-hydrogen) atoms. The van der Waals surface area contributed by atoms with Gasteiger partial charge in [-0.05, 0) is 31.2 Å². The van der Waals surface area contributed by atoms with Crippen molar-refractivity contribution in [3.63, 3.8) is 0 Å². The number of rotatable bonds is 6. The molecule has 150 valence electrons. The van der Waals surface area contributed by atoms with Crippen LogP contribution >= 0.6 is 0 Å². The highest BCUT2D eigenvalue weighted by atomic mass is 16.5. The molecule has 6 heteroatoms. The Balaban J connectivity index is 1.56. The smallest absolute Gasteiger partial charge is 0.339 e. The second kappa shape index (κ2) is 8.61. The highest BCUT2D eigenvalue weighted by Crippen LogP contribution is 2.25. The van der Waals surface area contributed by atoms with Crippen LogP contribution in [0.1, 0.15) is 23.0 Å². The fraction of sp³-hybridized carbons (Fsp3) is 0.125. The lowest BCUT2D eigenvalue weighted by Gasteiger charge is -2.15. The Bertz CT molecular complexity index is 1170. The molecule has 2 aromatic heterocycles. The van der Waals surface area contributed by atoms with Gasteiger partial charge in [-0.1, -0.05) is 48.5 Å². The number of ether oxygens (including phenoxy) is 1. The lowest BCUT2D eigenvalue weighted by atomic mass is 10.0. The van der Waals surface area contributed by atoms with Crippen LogP contribution in [0.2, 0.25) is 0 Å². The second-order valence-electron chi connectivity index (χ2n) is 6.78. The fourth-order valence-electron chi connectivity index (χ4n) is 3.11. The molecule has 1 N–H and O–H groups in total. The van der Waals surface area contributed by atoms with Crippen molar-refractivity contribution in [2.24, 2.45) is 0 Å². The molecule has 0 aliphatic rings. The molecule has 0 aliphatic heterocycles. The Kier molecular flexibility index (Phi) is 5.57. The quantitative estimate of drug-likeness (QED) is 0.487. The number of nitrogens with zero attached hydrogens (tertiary/aromatic N) is 1. The van der Waals surface area contributed by atoms with E-state index in [2.05, 4.69) is 10.3 Å². The van der Waals surface area contributed by atoms with Gasteiger partial charge in [0.25, 0.3) is 5.91 Å². The summed E-state index contributed by atoms with van der Waals surface area (Å²) < 4.78 is 10.6. The van der Waals surface area contributed by atoms with Gasteiger partial charge in [0.15, 0.2) is 6.10 Å². The molecule has 4 aromatic rings. The summed E-state index contributed by atoms with van der Waals surface area (Å²) >= 11 is 0. The molecule has 2 heterocycles. The minimum Gasteiger partial charge on any atom is -0.467 e. The normalized spacial score (nSPS) is 11.8. The van der Waals surface area contributed by atoms with Crippen molar-refractivity contribution in [3.8, 4) is 11.3 Å². The van der Waals surface area contributed by atoms with Gasteiger partial charge < -0.3 is 14.5 Å². The highest BCUT2D eigenvalue weighted by molar-refractivity contribution is 6.05. The van der Waals surface area contributed by atoms with Gasteiger partial charge in [0.2, 0.25) is 0 Å². The number of hydrogen-bond acceptors (Lipinski definition) is 5. The number of nitrogens with one attached hydrogen (secondary N) is 1. The van der Waals surface area contributed by atoms with Crippen molar-refractivity contribution in [2.45, 2.75) is 19.6 Å². The summed E-state index contributed by atoms with van der Waals surface area (Å²) in [6.07, 6.45) is 0.573. The predicted octanol–water partition coefficient (Wildman–Crippen LogP) is 4.36. The first kappa shape index (κ1) is 19.4. The van der Waals surface area contributed by atoms with Crippen LogP contribution in [0.25, 0.3) is 22.2 Å². The van der Waals surface area contributed by atoms with Gasteiger partial charge in [0.1, 0.15) is 5.76 Å². The first-order valence-electron chi connectivity index (χ1n) is 9.58. The third kappa shape index (κ3) is 4.22. The van der Waals surface area contributed by atoms with Crippen LogP contribution in [-0.4, -0.2) is 23.0 Å². The van der Waals surface area contributed by atoms with Gasteiger partial charge in [-0.3, -0.25) is 4.79 Å². The standard InChI is InChI=1S/C24H20N2O4/c1-16(23(27)25-15-18-10-7-13-29-18)30-24(28)20-14-22(17-8-3-2-4-9-17)26-21-12-6-5-11-19(20)21/h2-14,16H,15H2,1H3,(H,25,27)/t16-/m0/s1. The number of pyridine rings is 1. The lowest BCUT2D eigenvalue weighted by Crippen LogP contribution is -2.35. The van der Waals surface area contributed by atoms with Crippen molar-refractivity contribution in [1.29, 1.82) is 0 Å². The molecule has 0 fully saturated rings. The highest BCUT2D eigenvalue weighted by Gasteiger charge is 2.21. The Morgan fingerprint density at radius 3 is 2.57 bits per heavy atom. The van der Waals surface area contributed by atoms with Gasteiger partial charge in [0.05, 0.1) is 29.6 Å². The van der Waals surface area contributed by atoms with Crippen molar-refractivity contribution in [2.75, 3.05) is 0 Å². The zero-order valence-electron chi connectivity index (χ0n) is 16.4. The SMILES string of the molecule is C[C@H](OC(=O)c1cc(-c2ccccc2)nc2ccccc12)C(=O)NCc1ccco1. The zero-order chi connectivity index (χ0) is 20.9. The van der Waals surface area contributed by atoms with Crippen LogP contribution in [0.5, 0.6) is 0 Å². The van der Waals surface area contributed by atoms with E-state index >= 15 is 0 Å². The average Bonchev–Trinajstić information content (AvgIpc) is 3.31. The van der Waals surface area contributed by atoms with E-state index in [1.807, 2.05) is 54.6 Å². The van der Waals surface area contributed by atoms with Gasteiger partial charge in [0, 0.05) is 10.9 Å². The van der Waals surface area contributed by atoms with Gasteiger partial charge >= 0.3 is 5.97 Å². The Morgan fingerprint density at radius 1 is 1.03 bits per heavy atom. The maximum absolute atomic E-state index is 12.9. The number of amides is 1. The maximum Gasteiger partial charge on any atom is 0.339 e. The number of benzene rings is 2. The second-order valence-corrected chi connectivity index (χ2v) is 6.78. The molecule has 1 amide bonds. The molecule has 0 bridgehead atoms. The molecule has 0 unspecified atom stereocenters. The maximum atomic E-state index is 12.9. The number of hydrogen-bond donors (Lipinski definition) is 1.